The molecule has 118 valence electrons. The van der Waals surface area contributed by atoms with Crippen molar-refractivity contribution >= 4 is 16.9 Å². The van der Waals surface area contributed by atoms with Crippen LogP contribution in [0, 0.1) is 13.8 Å². The van der Waals surface area contributed by atoms with Crippen LogP contribution < -0.4 is 0 Å². The monoisotopic (exact) mass is 300 g/mol. The highest BCUT2D eigenvalue weighted by atomic mass is 16.2. The van der Waals surface area contributed by atoms with Crippen LogP contribution in [0.4, 0.5) is 0 Å². The van der Waals surface area contributed by atoms with Gasteiger partial charge in [-0.25, -0.2) is 4.68 Å². The van der Waals surface area contributed by atoms with Gasteiger partial charge in [-0.05, 0) is 49.9 Å². The van der Waals surface area contributed by atoms with Crippen molar-refractivity contribution < 1.29 is 4.79 Å². The van der Waals surface area contributed by atoms with E-state index < -0.39 is 0 Å². The molecule has 1 aromatic heterocycles. The van der Waals surface area contributed by atoms with Gasteiger partial charge in [0.2, 0.25) is 5.91 Å². The van der Waals surface area contributed by atoms with Gasteiger partial charge in [-0.1, -0.05) is 24.5 Å². The number of rotatable bonds is 3. The third kappa shape index (κ3) is 2.85. The number of hydrogen-bond acceptors (Lipinski definition) is 3. The second-order valence-electron chi connectivity index (χ2n) is 6.47. The second-order valence-corrected chi connectivity index (χ2v) is 6.47. The Bertz CT molecular complexity index is 685. The van der Waals surface area contributed by atoms with Gasteiger partial charge >= 0.3 is 0 Å². The summed E-state index contributed by atoms with van der Waals surface area (Å²) in [5.41, 5.74) is 4.19. The van der Waals surface area contributed by atoms with Crippen molar-refractivity contribution in [2.75, 3.05) is 7.05 Å². The van der Waals surface area contributed by atoms with Gasteiger partial charge in [0, 0.05) is 13.1 Å². The fourth-order valence-corrected chi connectivity index (χ4v) is 3.25. The minimum Gasteiger partial charge on any atom is -0.341 e. The van der Waals surface area contributed by atoms with Crippen LogP contribution in [0.25, 0.3) is 11.0 Å². The summed E-state index contributed by atoms with van der Waals surface area (Å²) in [5, 5.41) is 8.35. The number of likely N-dealkylation sites (N-methyl/N-ethyl adjacent to an activating group) is 1. The summed E-state index contributed by atoms with van der Waals surface area (Å²) in [6, 6.07) is 4.49. The Labute approximate surface area is 131 Å². The Hall–Kier alpha value is -1.91. The molecule has 1 fully saturated rings. The molecule has 0 saturated heterocycles. The van der Waals surface area contributed by atoms with Gasteiger partial charge in [0.1, 0.15) is 12.1 Å². The molecule has 0 atom stereocenters. The highest BCUT2D eigenvalue weighted by Crippen LogP contribution is 2.22. The molecule has 0 bridgehead atoms. The summed E-state index contributed by atoms with van der Waals surface area (Å²) in [6.07, 6.45) is 6.00. The largest absolute Gasteiger partial charge is 0.341 e. The van der Waals surface area contributed by atoms with Crippen LogP contribution in [0.15, 0.2) is 12.1 Å². The number of aryl methyl sites for hydroxylation is 2. The van der Waals surface area contributed by atoms with Crippen molar-refractivity contribution in [1.82, 2.24) is 19.9 Å². The fraction of sp³-hybridized carbons (Fsp3) is 0.588. The maximum Gasteiger partial charge on any atom is 0.244 e. The molecule has 0 radical (unpaired) electrons. The Balaban J connectivity index is 1.77. The molecule has 1 amide bonds. The predicted molar refractivity (Wildman–Crippen MR) is 86.6 cm³/mol. The van der Waals surface area contributed by atoms with Crippen LogP contribution >= 0.6 is 0 Å². The molecule has 1 aliphatic rings. The lowest BCUT2D eigenvalue weighted by molar-refractivity contribution is -0.133. The SMILES string of the molecule is Cc1cc2nnn(CC(=O)N(C)C3CCCCC3)c2cc1C. The third-order valence-electron chi connectivity index (χ3n) is 4.93. The van der Waals surface area contributed by atoms with E-state index in [0.29, 0.717) is 6.04 Å². The minimum atomic E-state index is 0.122. The van der Waals surface area contributed by atoms with E-state index in [1.165, 1.54) is 30.4 Å². The number of fused-ring (bicyclic) bond motifs is 1. The first-order valence-electron chi connectivity index (χ1n) is 8.12. The van der Waals surface area contributed by atoms with Crippen LogP contribution in [0.5, 0.6) is 0 Å². The van der Waals surface area contributed by atoms with Gasteiger partial charge in [-0.2, -0.15) is 0 Å². The van der Waals surface area contributed by atoms with Crippen molar-refractivity contribution in [3.05, 3.63) is 23.3 Å². The van der Waals surface area contributed by atoms with Crippen molar-refractivity contribution in [1.29, 1.82) is 0 Å². The Kier molecular flexibility index (Phi) is 4.14. The fourth-order valence-electron chi connectivity index (χ4n) is 3.25. The summed E-state index contributed by atoms with van der Waals surface area (Å²) in [5.74, 6) is 0.122. The first-order valence-corrected chi connectivity index (χ1v) is 8.12. The minimum absolute atomic E-state index is 0.122. The number of aromatic nitrogens is 3. The molecular weight excluding hydrogens is 276 g/mol. The van der Waals surface area contributed by atoms with Gasteiger partial charge < -0.3 is 4.90 Å². The van der Waals surface area contributed by atoms with E-state index in [1.807, 2.05) is 18.0 Å². The van der Waals surface area contributed by atoms with E-state index in [-0.39, 0.29) is 12.5 Å². The standard InChI is InChI=1S/C17H24N4O/c1-12-9-15-16(10-13(12)2)21(19-18-15)11-17(22)20(3)14-7-5-4-6-8-14/h9-10,14H,4-8,11H2,1-3H3. The molecule has 2 aromatic rings. The van der Waals surface area contributed by atoms with E-state index in [2.05, 4.69) is 30.2 Å². The highest BCUT2D eigenvalue weighted by Gasteiger charge is 2.22. The molecule has 1 aromatic carbocycles. The van der Waals surface area contributed by atoms with Gasteiger partial charge in [0.25, 0.3) is 0 Å². The zero-order valence-electron chi connectivity index (χ0n) is 13.7. The average Bonchev–Trinajstić information content (AvgIpc) is 2.90. The van der Waals surface area contributed by atoms with Crippen LogP contribution in [-0.2, 0) is 11.3 Å². The average molecular weight is 300 g/mol. The van der Waals surface area contributed by atoms with Crippen molar-refractivity contribution in [3.63, 3.8) is 0 Å². The van der Waals surface area contributed by atoms with Crippen molar-refractivity contribution in [2.24, 2.45) is 0 Å². The summed E-state index contributed by atoms with van der Waals surface area (Å²) in [7, 11) is 1.92. The molecule has 1 aliphatic carbocycles. The predicted octanol–water partition coefficient (Wildman–Crippen LogP) is 2.84. The maximum absolute atomic E-state index is 12.5. The summed E-state index contributed by atoms with van der Waals surface area (Å²) in [4.78, 5) is 14.5. The molecule has 0 N–H and O–H groups in total. The van der Waals surface area contributed by atoms with E-state index in [4.69, 9.17) is 0 Å². The molecule has 1 saturated carbocycles. The summed E-state index contributed by atoms with van der Waals surface area (Å²) >= 11 is 0. The van der Waals surface area contributed by atoms with Crippen molar-refractivity contribution in [3.8, 4) is 0 Å². The number of nitrogens with zero attached hydrogens (tertiary/aromatic N) is 4. The first kappa shape index (κ1) is 15.0. The van der Waals surface area contributed by atoms with Gasteiger partial charge in [0.05, 0.1) is 5.52 Å². The van der Waals surface area contributed by atoms with Crippen LogP contribution in [0.1, 0.15) is 43.2 Å². The number of hydrogen-bond donors (Lipinski definition) is 0. The van der Waals surface area contributed by atoms with Gasteiger partial charge in [-0.3, -0.25) is 4.79 Å². The lowest BCUT2D eigenvalue weighted by atomic mass is 9.94. The van der Waals surface area contributed by atoms with Crippen LogP contribution in [0.2, 0.25) is 0 Å². The molecule has 0 unspecified atom stereocenters. The Morgan fingerprint density at radius 2 is 1.91 bits per heavy atom. The smallest absolute Gasteiger partial charge is 0.244 e. The van der Waals surface area contributed by atoms with E-state index in [0.717, 1.165) is 23.9 Å². The maximum atomic E-state index is 12.5. The molecule has 22 heavy (non-hydrogen) atoms. The zero-order chi connectivity index (χ0) is 15.7. The molecule has 1 heterocycles. The quantitative estimate of drug-likeness (QED) is 0.876. The van der Waals surface area contributed by atoms with Crippen LogP contribution in [-0.4, -0.2) is 38.9 Å². The lowest BCUT2D eigenvalue weighted by Crippen LogP contribution is -2.40. The zero-order valence-corrected chi connectivity index (χ0v) is 13.7. The molecule has 5 nitrogen and oxygen atoms in total. The Morgan fingerprint density at radius 3 is 2.64 bits per heavy atom. The number of amides is 1. The van der Waals surface area contributed by atoms with E-state index in [9.17, 15) is 4.79 Å². The first-order chi connectivity index (χ1) is 10.6. The van der Waals surface area contributed by atoms with Crippen molar-refractivity contribution in [2.45, 2.75) is 58.5 Å². The van der Waals surface area contributed by atoms with E-state index >= 15 is 0 Å². The van der Waals surface area contributed by atoms with Crippen LogP contribution in [0.3, 0.4) is 0 Å². The van der Waals surface area contributed by atoms with E-state index in [1.54, 1.807) is 4.68 Å². The molecule has 5 heteroatoms. The highest BCUT2D eigenvalue weighted by molar-refractivity contribution is 5.80. The number of carbonyl (C=O) groups is 1. The van der Waals surface area contributed by atoms with Gasteiger partial charge in [-0.15, -0.1) is 5.10 Å². The van der Waals surface area contributed by atoms with Gasteiger partial charge in [0.15, 0.2) is 0 Å². The Morgan fingerprint density at radius 1 is 1.23 bits per heavy atom. The molecule has 0 spiro atoms. The third-order valence-corrected chi connectivity index (χ3v) is 4.93. The lowest BCUT2D eigenvalue weighted by Gasteiger charge is -2.31. The normalized spacial score (nSPS) is 16.1. The molecule has 0 aliphatic heterocycles. The number of carbonyl (C=O) groups excluding carboxylic acids is 1. The molecule has 3 rings (SSSR count). The summed E-state index contributed by atoms with van der Waals surface area (Å²) < 4.78 is 1.73. The number of benzene rings is 1. The molecular formula is C17H24N4O. The summed E-state index contributed by atoms with van der Waals surface area (Å²) in [6.45, 7) is 4.41. The topological polar surface area (TPSA) is 51.0 Å². The second kappa shape index (κ2) is 6.07.